The summed E-state index contributed by atoms with van der Waals surface area (Å²) >= 11 is 6.18. The van der Waals surface area contributed by atoms with Gasteiger partial charge in [-0.05, 0) is 19.1 Å². The fourth-order valence-corrected chi connectivity index (χ4v) is 2.30. The van der Waals surface area contributed by atoms with Crippen LogP contribution < -0.4 is 10.2 Å². The summed E-state index contributed by atoms with van der Waals surface area (Å²) in [5, 5.41) is 6.73. The molecule has 2 aromatic rings. The van der Waals surface area contributed by atoms with Crippen LogP contribution in [0.4, 0.5) is 10.5 Å². The van der Waals surface area contributed by atoms with Crippen LogP contribution in [-0.2, 0) is 9.53 Å². The number of nitrogens with one attached hydrogen (secondary N) is 1. The number of halogens is 1. The van der Waals surface area contributed by atoms with Gasteiger partial charge in [0.1, 0.15) is 12.3 Å². The molecule has 0 unspecified atom stereocenters. The number of pyridine rings is 1. The minimum atomic E-state index is -0.576. The molecule has 1 N–H and O–H groups in total. The van der Waals surface area contributed by atoms with E-state index >= 15 is 0 Å². The van der Waals surface area contributed by atoms with Crippen molar-refractivity contribution < 1.29 is 14.3 Å². The van der Waals surface area contributed by atoms with Crippen LogP contribution in [0, 0.1) is 0 Å². The monoisotopic (exact) mass is 351 g/mol. The highest BCUT2D eigenvalue weighted by Crippen LogP contribution is 2.26. The molecule has 0 saturated carbocycles. The maximum absolute atomic E-state index is 12.3. The maximum Gasteiger partial charge on any atom is 0.406 e. The average molecular weight is 352 g/mol. The Morgan fingerprint density at radius 3 is 2.88 bits per heavy atom. The first-order valence-corrected chi connectivity index (χ1v) is 7.75. The number of hydrogen-bond acceptors (Lipinski definition) is 5. The molecule has 0 saturated heterocycles. The lowest BCUT2D eigenvalue weighted by Gasteiger charge is -2.19. The number of ether oxygens (including phenoxy) is 1. The number of nitrogens with zero attached hydrogens (tertiary/aromatic N) is 4. The number of aromatic nitrogens is 3. The number of rotatable bonds is 6. The highest BCUT2D eigenvalue weighted by molar-refractivity contribution is 6.32. The van der Waals surface area contributed by atoms with E-state index in [1.807, 2.05) is 13.0 Å². The molecule has 0 aromatic carbocycles. The van der Waals surface area contributed by atoms with Crippen molar-refractivity contribution in [3.8, 4) is 5.69 Å². The minimum Gasteiger partial charge on any atom is -0.449 e. The van der Waals surface area contributed by atoms with Crippen molar-refractivity contribution in [2.45, 2.75) is 13.3 Å². The zero-order valence-corrected chi connectivity index (χ0v) is 14.2. The third-order valence-electron chi connectivity index (χ3n) is 3.22. The van der Waals surface area contributed by atoms with Gasteiger partial charge < -0.3 is 15.0 Å². The van der Waals surface area contributed by atoms with Crippen molar-refractivity contribution in [3.63, 3.8) is 0 Å². The van der Waals surface area contributed by atoms with E-state index < -0.39 is 6.09 Å². The van der Waals surface area contributed by atoms with Gasteiger partial charge in [-0.2, -0.15) is 5.10 Å². The molecule has 8 nitrogen and oxygen atoms in total. The van der Waals surface area contributed by atoms with Crippen molar-refractivity contribution in [3.05, 3.63) is 35.9 Å². The Morgan fingerprint density at radius 1 is 1.46 bits per heavy atom. The van der Waals surface area contributed by atoms with Crippen molar-refractivity contribution >= 4 is 29.3 Å². The maximum atomic E-state index is 12.3. The molecular formula is C15H18ClN5O3. The molecule has 0 fully saturated rings. The average Bonchev–Trinajstić information content (AvgIpc) is 2.98. The lowest BCUT2D eigenvalue weighted by molar-refractivity contribution is -0.119. The van der Waals surface area contributed by atoms with Gasteiger partial charge in [0.25, 0.3) is 0 Å². The smallest absolute Gasteiger partial charge is 0.406 e. The van der Waals surface area contributed by atoms with E-state index in [9.17, 15) is 9.59 Å². The first kappa shape index (κ1) is 17.7. The fourth-order valence-electron chi connectivity index (χ4n) is 2.07. The second-order valence-corrected chi connectivity index (χ2v) is 5.09. The molecule has 0 aliphatic heterocycles. The number of amides is 2. The predicted octanol–water partition coefficient (Wildman–Crippen LogP) is 2.02. The topological polar surface area (TPSA) is 89.4 Å². The second-order valence-electron chi connectivity index (χ2n) is 4.73. The van der Waals surface area contributed by atoms with Gasteiger partial charge in [-0.1, -0.05) is 11.6 Å². The van der Waals surface area contributed by atoms with Gasteiger partial charge in [0.2, 0.25) is 5.91 Å². The lowest BCUT2D eigenvalue weighted by atomic mass is 10.3. The van der Waals surface area contributed by atoms with E-state index in [1.54, 1.807) is 29.3 Å². The van der Waals surface area contributed by atoms with Gasteiger partial charge in [-0.3, -0.25) is 9.78 Å². The molecule has 0 atom stereocenters. The van der Waals surface area contributed by atoms with Gasteiger partial charge in [0.05, 0.1) is 24.5 Å². The summed E-state index contributed by atoms with van der Waals surface area (Å²) in [5.74, 6) is -0.214. The molecule has 2 amide bonds. The molecule has 0 radical (unpaired) electrons. The first-order chi connectivity index (χ1) is 11.6. The van der Waals surface area contributed by atoms with Crippen LogP contribution in [0.5, 0.6) is 0 Å². The zero-order valence-electron chi connectivity index (χ0n) is 13.4. The molecule has 2 aromatic heterocycles. The lowest BCUT2D eigenvalue weighted by Crippen LogP contribution is -2.32. The van der Waals surface area contributed by atoms with E-state index in [0.29, 0.717) is 12.2 Å². The van der Waals surface area contributed by atoms with Crippen LogP contribution in [-0.4, -0.2) is 47.0 Å². The first-order valence-electron chi connectivity index (χ1n) is 7.37. The Kier molecular flexibility index (Phi) is 6.14. The number of carbonyl (C=O) groups is 2. The fraction of sp³-hybridized carbons (Fsp3) is 0.333. The minimum absolute atomic E-state index is 0.0105. The number of carbonyl (C=O) groups excluding carboxylic acids is 2. The van der Waals surface area contributed by atoms with E-state index in [1.165, 1.54) is 11.9 Å². The number of alkyl carbamates (subject to hydrolysis) is 1. The van der Waals surface area contributed by atoms with Gasteiger partial charge in [0.15, 0.2) is 5.15 Å². The molecule has 128 valence electrons. The predicted molar refractivity (Wildman–Crippen MR) is 89.4 cm³/mol. The Hall–Kier alpha value is -2.61. The molecule has 0 aliphatic rings. The molecule has 24 heavy (non-hydrogen) atoms. The van der Waals surface area contributed by atoms with Crippen LogP contribution in [0.2, 0.25) is 5.15 Å². The standard InChI is InChI=1S/C15H18ClN5O3/c1-3-20(13(22)6-8-24-15(23)17-2)12-10-21(19-14(12)16)11-5-4-7-18-9-11/h4-5,7,9-10H,3,6,8H2,1-2H3,(H,17,23). The van der Waals surface area contributed by atoms with Gasteiger partial charge in [-0.25, -0.2) is 9.48 Å². The van der Waals surface area contributed by atoms with E-state index in [2.05, 4.69) is 15.4 Å². The third-order valence-corrected chi connectivity index (χ3v) is 3.49. The van der Waals surface area contributed by atoms with Crippen LogP contribution in [0.3, 0.4) is 0 Å². The summed E-state index contributed by atoms with van der Waals surface area (Å²) in [6, 6.07) is 3.61. The Morgan fingerprint density at radius 2 is 2.25 bits per heavy atom. The van der Waals surface area contributed by atoms with E-state index in [4.69, 9.17) is 16.3 Å². The normalized spacial score (nSPS) is 10.3. The molecule has 0 aliphatic carbocycles. The Labute approximate surface area is 144 Å². The Bertz CT molecular complexity index is 704. The van der Waals surface area contributed by atoms with Crippen LogP contribution >= 0.6 is 11.6 Å². The third kappa shape index (κ3) is 4.23. The summed E-state index contributed by atoms with van der Waals surface area (Å²) in [6.45, 7) is 2.23. The zero-order chi connectivity index (χ0) is 17.5. The van der Waals surface area contributed by atoms with Gasteiger partial charge in [0, 0.05) is 19.8 Å². The highest BCUT2D eigenvalue weighted by Gasteiger charge is 2.20. The molecular weight excluding hydrogens is 334 g/mol. The molecule has 0 spiro atoms. The number of anilines is 1. The van der Waals surface area contributed by atoms with Crippen molar-refractivity contribution in [1.82, 2.24) is 20.1 Å². The van der Waals surface area contributed by atoms with Crippen molar-refractivity contribution in [2.24, 2.45) is 0 Å². The quantitative estimate of drug-likeness (QED) is 0.860. The van der Waals surface area contributed by atoms with Crippen LogP contribution in [0.1, 0.15) is 13.3 Å². The molecule has 2 rings (SSSR count). The molecule has 9 heteroatoms. The largest absolute Gasteiger partial charge is 0.449 e. The van der Waals surface area contributed by atoms with Crippen molar-refractivity contribution in [2.75, 3.05) is 25.1 Å². The van der Waals surface area contributed by atoms with Crippen LogP contribution in [0.25, 0.3) is 5.69 Å². The summed E-state index contributed by atoms with van der Waals surface area (Å²) in [7, 11) is 1.45. The van der Waals surface area contributed by atoms with Crippen molar-refractivity contribution in [1.29, 1.82) is 0 Å². The van der Waals surface area contributed by atoms with Gasteiger partial charge >= 0.3 is 6.09 Å². The highest BCUT2D eigenvalue weighted by atomic mass is 35.5. The summed E-state index contributed by atoms with van der Waals surface area (Å²) in [6.07, 6.45) is 4.44. The molecule has 0 bridgehead atoms. The second kappa shape index (κ2) is 8.30. The van der Waals surface area contributed by atoms with Gasteiger partial charge in [-0.15, -0.1) is 0 Å². The van der Waals surface area contributed by atoms with E-state index in [-0.39, 0.29) is 24.1 Å². The van der Waals surface area contributed by atoms with Crippen LogP contribution in [0.15, 0.2) is 30.7 Å². The Balaban J connectivity index is 2.11. The summed E-state index contributed by atoms with van der Waals surface area (Å²) < 4.78 is 6.39. The van der Waals surface area contributed by atoms with E-state index in [0.717, 1.165) is 5.69 Å². The summed E-state index contributed by atoms with van der Waals surface area (Å²) in [5.41, 5.74) is 1.23. The number of hydrogen-bond donors (Lipinski definition) is 1. The molecule has 2 heterocycles. The summed E-state index contributed by atoms with van der Waals surface area (Å²) in [4.78, 5) is 28.9. The SMILES string of the molecule is CCN(C(=O)CCOC(=O)NC)c1cn(-c2cccnc2)nc1Cl.